The largest absolute Gasteiger partial charge is 0.393 e. The molecule has 9 heteroatoms. The molecule has 1 saturated heterocycles. The summed E-state index contributed by atoms with van der Waals surface area (Å²) in [5.41, 5.74) is 10.9. The fourth-order valence-electron chi connectivity index (χ4n) is 7.13. The molecule has 1 aliphatic carbocycles. The van der Waals surface area contributed by atoms with Gasteiger partial charge < -0.3 is 24.5 Å². The summed E-state index contributed by atoms with van der Waals surface area (Å²) in [4.78, 5) is 24.0. The van der Waals surface area contributed by atoms with Crippen LogP contribution in [0.4, 0.5) is 0 Å². The first-order valence-corrected chi connectivity index (χ1v) is 15.4. The number of oxime groups is 1. The van der Waals surface area contributed by atoms with Crippen molar-refractivity contribution in [1.29, 1.82) is 0 Å². The summed E-state index contributed by atoms with van der Waals surface area (Å²) in [5, 5.41) is 14.7. The van der Waals surface area contributed by atoms with Crippen molar-refractivity contribution in [2.45, 2.75) is 59.2 Å². The van der Waals surface area contributed by atoms with Gasteiger partial charge in [-0.15, -0.1) is 0 Å². The van der Waals surface area contributed by atoms with E-state index in [9.17, 15) is 4.79 Å². The fourth-order valence-corrected chi connectivity index (χ4v) is 7.13. The average Bonchev–Trinajstić information content (AvgIpc) is 3.65. The number of rotatable bonds is 7. The first-order chi connectivity index (χ1) is 20.3. The van der Waals surface area contributed by atoms with Crippen molar-refractivity contribution in [3.05, 3.63) is 52.3 Å². The molecule has 0 radical (unpaired) electrons. The number of benzene rings is 2. The second kappa shape index (κ2) is 10.5. The lowest BCUT2D eigenvalue weighted by molar-refractivity contribution is 0.0860. The smallest absolute Gasteiger partial charge is 0.252 e. The molecule has 4 aromatic rings. The third kappa shape index (κ3) is 4.50. The van der Waals surface area contributed by atoms with Crippen LogP contribution in [0.1, 0.15) is 59.9 Å². The molecule has 7 rings (SSSR count). The van der Waals surface area contributed by atoms with Gasteiger partial charge in [0, 0.05) is 79.9 Å². The fraction of sp³-hybridized carbons (Fsp3) is 0.485. The maximum absolute atomic E-state index is 13.4. The molecule has 1 N–H and O–H groups in total. The number of amides is 1. The Balaban J connectivity index is 1.42. The van der Waals surface area contributed by atoms with Crippen molar-refractivity contribution in [1.82, 2.24) is 29.5 Å². The molecule has 2 aromatic heterocycles. The van der Waals surface area contributed by atoms with E-state index in [-0.39, 0.29) is 12.0 Å². The van der Waals surface area contributed by atoms with Gasteiger partial charge in [0.1, 0.15) is 6.10 Å². The maximum Gasteiger partial charge on any atom is 0.252 e. The van der Waals surface area contributed by atoms with Gasteiger partial charge in [-0.05, 0) is 82.4 Å². The molecule has 9 nitrogen and oxygen atoms in total. The number of likely N-dealkylation sites (N-methyl/N-ethyl adjacent to an activating group) is 1. The predicted molar refractivity (Wildman–Crippen MR) is 167 cm³/mol. The normalized spacial score (nSPS) is 17.7. The Morgan fingerprint density at radius 1 is 1.07 bits per heavy atom. The summed E-state index contributed by atoms with van der Waals surface area (Å²) < 4.78 is 4.44. The van der Waals surface area contributed by atoms with Crippen LogP contribution in [0.2, 0.25) is 0 Å². The molecule has 0 saturated carbocycles. The number of carbonyl (C=O) groups is 1. The van der Waals surface area contributed by atoms with Crippen molar-refractivity contribution in [3.8, 4) is 11.1 Å². The second-order valence-corrected chi connectivity index (χ2v) is 12.5. The van der Waals surface area contributed by atoms with Gasteiger partial charge in [-0.25, -0.2) is 0 Å². The van der Waals surface area contributed by atoms with E-state index in [1.165, 1.54) is 27.4 Å². The standard InChI is InChI=1S/C33H41N7O2/c1-20(2)42-36-21(3)22-7-10-28-24(17-22)30-25-18-34-33(41)31(25)29-23(8-9-27-26(29)19-38(5)35-27)32(30)40(28)12-6-11-39-15-13-37(4)14-16-39/h7,10,17,19-20H,6,8-9,11-16,18H2,1-5H3,(H,34,41)/b36-21+. The molecular weight excluding hydrogens is 526 g/mol. The first-order valence-electron chi connectivity index (χ1n) is 15.4. The molecule has 4 heterocycles. The van der Waals surface area contributed by atoms with Gasteiger partial charge in [0.15, 0.2) is 0 Å². The van der Waals surface area contributed by atoms with Crippen molar-refractivity contribution in [2.75, 3.05) is 39.8 Å². The Labute approximate surface area is 247 Å². The SMILES string of the molecule is C/C(=N\OC(C)C)c1ccc2c(c1)c1c3c(c4c(c1n2CCCN1CCN(C)CC1)CCc1nn(C)cc1-4)C(=O)NC3. The topological polar surface area (TPSA) is 79.9 Å². The maximum atomic E-state index is 13.4. The number of aryl methyl sites for hydroxylation is 4. The zero-order chi connectivity index (χ0) is 29.1. The summed E-state index contributed by atoms with van der Waals surface area (Å²) in [6, 6.07) is 6.66. The number of hydrogen-bond acceptors (Lipinski definition) is 6. The number of nitrogens with zero attached hydrogens (tertiary/aromatic N) is 6. The van der Waals surface area contributed by atoms with Gasteiger partial charge in [-0.3, -0.25) is 9.48 Å². The minimum atomic E-state index is 0.0232. The Hall–Kier alpha value is -3.69. The predicted octanol–water partition coefficient (Wildman–Crippen LogP) is 4.32. The van der Waals surface area contributed by atoms with E-state index in [0.717, 1.165) is 97.8 Å². The van der Waals surface area contributed by atoms with Crippen LogP contribution in [0.3, 0.4) is 0 Å². The summed E-state index contributed by atoms with van der Waals surface area (Å²) in [6.07, 6.45) is 4.95. The Morgan fingerprint density at radius 3 is 2.67 bits per heavy atom. The lowest BCUT2D eigenvalue weighted by Gasteiger charge is -2.32. The van der Waals surface area contributed by atoms with Crippen LogP contribution >= 0.6 is 0 Å². The molecule has 220 valence electrons. The second-order valence-electron chi connectivity index (χ2n) is 12.5. The first kappa shape index (κ1) is 27.2. The highest BCUT2D eigenvalue weighted by atomic mass is 16.6. The summed E-state index contributed by atoms with van der Waals surface area (Å²) in [5.74, 6) is 0.0232. The van der Waals surface area contributed by atoms with E-state index in [1.807, 2.05) is 32.5 Å². The van der Waals surface area contributed by atoms with E-state index in [0.29, 0.717) is 6.54 Å². The number of aromatic nitrogens is 3. The molecule has 42 heavy (non-hydrogen) atoms. The molecule has 1 fully saturated rings. The van der Waals surface area contributed by atoms with Crippen LogP contribution in [0.25, 0.3) is 32.9 Å². The van der Waals surface area contributed by atoms with E-state index in [1.54, 1.807) is 0 Å². The molecule has 0 bridgehead atoms. The van der Waals surface area contributed by atoms with Gasteiger partial charge in [0.25, 0.3) is 5.91 Å². The van der Waals surface area contributed by atoms with Gasteiger partial charge >= 0.3 is 0 Å². The molecule has 0 spiro atoms. The van der Waals surface area contributed by atoms with E-state index >= 15 is 0 Å². The van der Waals surface area contributed by atoms with Gasteiger partial charge in [-0.1, -0.05) is 11.2 Å². The quantitative estimate of drug-likeness (QED) is 0.266. The number of piperazine rings is 1. The lowest BCUT2D eigenvalue weighted by atomic mass is 9.82. The van der Waals surface area contributed by atoms with Crippen molar-refractivity contribution < 1.29 is 9.63 Å². The minimum absolute atomic E-state index is 0.0232. The van der Waals surface area contributed by atoms with E-state index < -0.39 is 0 Å². The Morgan fingerprint density at radius 2 is 1.88 bits per heavy atom. The van der Waals surface area contributed by atoms with Crippen LogP contribution in [-0.2, 0) is 37.8 Å². The molecule has 0 atom stereocenters. The molecule has 1 amide bonds. The van der Waals surface area contributed by atoms with E-state index in [4.69, 9.17) is 9.94 Å². The van der Waals surface area contributed by atoms with Crippen LogP contribution < -0.4 is 5.32 Å². The lowest BCUT2D eigenvalue weighted by Crippen LogP contribution is -2.44. The summed E-state index contributed by atoms with van der Waals surface area (Å²) >= 11 is 0. The van der Waals surface area contributed by atoms with Gasteiger partial charge in [0.05, 0.1) is 22.5 Å². The molecular formula is C33H41N7O2. The number of carbonyl (C=O) groups excluding carboxylic acids is 1. The third-order valence-electron chi connectivity index (χ3n) is 9.21. The van der Waals surface area contributed by atoms with Crippen molar-refractivity contribution >= 4 is 33.4 Å². The number of hydrogen-bond donors (Lipinski definition) is 1. The van der Waals surface area contributed by atoms with Crippen LogP contribution in [0.5, 0.6) is 0 Å². The highest BCUT2D eigenvalue weighted by molar-refractivity contribution is 6.20. The number of fused-ring (bicyclic) bond motifs is 10. The Kier molecular flexibility index (Phi) is 6.82. The zero-order valence-electron chi connectivity index (χ0n) is 25.5. The molecule has 0 unspecified atom stereocenters. The van der Waals surface area contributed by atoms with Gasteiger partial charge in [0.2, 0.25) is 0 Å². The van der Waals surface area contributed by atoms with Gasteiger partial charge in [-0.2, -0.15) is 5.10 Å². The highest BCUT2D eigenvalue weighted by Crippen LogP contribution is 2.46. The molecule has 2 aliphatic heterocycles. The van der Waals surface area contributed by atoms with Crippen LogP contribution in [0, 0.1) is 0 Å². The zero-order valence-corrected chi connectivity index (χ0v) is 25.5. The Bertz CT molecular complexity index is 1740. The van der Waals surface area contributed by atoms with Crippen molar-refractivity contribution in [3.63, 3.8) is 0 Å². The molecule has 3 aliphatic rings. The summed E-state index contributed by atoms with van der Waals surface area (Å²) in [6.45, 7) is 13.1. The average molecular weight is 568 g/mol. The third-order valence-corrected chi connectivity index (χ3v) is 9.21. The summed E-state index contributed by atoms with van der Waals surface area (Å²) in [7, 11) is 4.18. The molecule has 2 aromatic carbocycles. The van der Waals surface area contributed by atoms with Crippen molar-refractivity contribution in [2.24, 2.45) is 12.2 Å². The highest BCUT2D eigenvalue weighted by Gasteiger charge is 2.35. The van der Waals surface area contributed by atoms with E-state index in [2.05, 4.69) is 56.3 Å². The number of nitrogens with one attached hydrogen (secondary N) is 1. The minimum Gasteiger partial charge on any atom is -0.393 e. The van der Waals surface area contributed by atoms with Crippen LogP contribution in [0.15, 0.2) is 29.6 Å². The van der Waals surface area contributed by atoms with Crippen LogP contribution in [-0.4, -0.2) is 81.6 Å². The monoisotopic (exact) mass is 567 g/mol.